The second kappa shape index (κ2) is 5.71. The molecule has 0 bridgehead atoms. The molecule has 1 heterocycles. The minimum atomic E-state index is -3.60. The van der Waals surface area contributed by atoms with E-state index in [9.17, 15) is 8.42 Å². The quantitative estimate of drug-likeness (QED) is 0.872. The van der Waals surface area contributed by atoms with Gasteiger partial charge in [0.1, 0.15) is 0 Å². The molecule has 0 unspecified atom stereocenters. The lowest BCUT2D eigenvalue weighted by molar-refractivity contribution is 0.601. The number of anilines is 1. The van der Waals surface area contributed by atoms with Gasteiger partial charge < -0.3 is 0 Å². The summed E-state index contributed by atoms with van der Waals surface area (Å²) in [5.41, 5.74) is 0. The Bertz CT molecular complexity index is 675. The highest BCUT2D eigenvalue weighted by atomic mass is 32.2. The summed E-state index contributed by atoms with van der Waals surface area (Å²) in [5.74, 6) is 0. The minimum absolute atomic E-state index is 0.0172. The van der Waals surface area contributed by atoms with Gasteiger partial charge in [0.2, 0.25) is 10.3 Å². The lowest BCUT2D eigenvalue weighted by Crippen LogP contribution is -2.12. The first-order valence-corrected chi connectivity index (χ1v) is 8.94. The standard InChI is InChI=1S/C12H15N3O2S3/c1-12(2,3)18-10-13-11(19-14-10)15-20(16,17)9-7-5-4-6-8-9/h4-8H,1-3H3,(H,13,14,15). The van der Waals surface area contributed by atoms with Crippen LogP contribution in [-0.2, 0) is 10.0 Å². The van der Waals surface area contributed by atoms with Crippen LogP contribution in [0.1, 0.15) is 20.8 Å². The molecule has 0 aliphatic heterocycles. The van der Waals surface area contributed by atoms with Gasteiger partial charge in [-0.15, -0.1) is 0 Å². The van der Waals surface area contributed by atoms with E-state index in [2.05, 4.69) is 14.1 Å². The number of hydrogen-bond acceptors (Lipinski definition) is 6. The van der Waals surface area contributed by atoms with Crippen LogP contribution in [0.25, 0.3) is 0 Å². The highest BCUT2D eigenvalue weighted by molar-refractivity contribution is 8.00. The zero-order valence-electron chi connectivity index (χ0n) is 11.3. The summed E-state index contributed by atoms with van der Waals surface area (Å²) in [6.45, 7) is 6.14. The van der Waals surface area contributed by atoms with Gasteiger partial charge in [-0.25, -0.2) is 8.42 Å². The van der Waals surface area contributed by atoms with Crippen molar-refractivity contribution in [3.05, 3.63) is 30.3 Å². The van der Waals surface area contributed by atoms with Gasteiger partial charge >= 0.3 is 0 Å². The zero-order chi connectivity index (χ0) is 14.8. The molecule has 0 aliphatic rings. The topological polar surface area (TPSA) is 72.0 Å². The molecular weight excluding hydrogens is 314 g/mol. The Morgan fingerprint density at radius 3 is 2.45 bits per heavy atom. The van der Waals surface area contributed by atoms with E-state index >= 15 is 0 Å². The molecule has 2 rings (SSSR count). The van der Waals surface area contributed by atoms with Crippen molar-refractivity contribution in [1.29, 1.82) is 0 Å². The van der Waals surface area contributed by atoms with Crippen LogP contribution in [-0.4, -0.2) is 22.5 Å². The van der Waals surface area contributed by atoms with E-state index < -0.39 is 10.0 Å². The Hall–Kier alpha value is -1.12. The summed E-state index contributed by atoms with van der Waals surface area (Å²) in [5, 5.41) is 0.855. The van der Waals surface area contributed by atoms with Gasteiger partial charge in [0.15, 0.2) is 0 Å². The summed E-state index contributed by atoms with van der Waals surface area (Å²) in [6, 6.07) is 8.19. The van der Waals surface area contributed by atoms with Crippen LogP contribution in [0.15, 0.2) is 40.4 Å². The Morgan fingerprint density at radius 1 is 1.20 bits per heavy atom. The van der Waals surface area contributed by atoms with Crippen LogP contribution in [0.4, 0.5) is 5.13 Å². The molecule has 20 heavy (non-hydrogen) atoms. The lowest BCUT2D eigenvalue weighted by atomic mass is 10.3. The molecule has 1 aromatic carbocycles. The van der Waals surface area contributed by atoms with Crippen molar-refractivity contribution < 1.29 is 8.42 Å². The maximum Gasteiger partial charge on any atom is 0.263 e. The van der Waals surface area contributed by atoms with Crippen molar-refractivity contribution in [2.75, 3.05) is 4.72 Å². The third kappa shape index (κ3) is 4.19. The lowest BCUT2D eigenvalue weighted by Gasteiger charge is -2.13. The predicted octanol–water partition coefficient (Wildman–Crippen LogP) is 3.23. The number of nitrogens with zero attached hydrogens (tertiary/aromatic N) is 2. The monoisotopic (exact) mass is 329 g/mol. The molecule has 108 valence electrons. The Balaban J connectivity index is 2.15. The van der Waals surface area contributed by atoms with Gasteiger partial charge in [-0.1, -0.05) is 50.7 Å². The van der Waals surface area contributed by atoms with Crippen LogP contribution >= 0.6 is 23.3 Å². The molecular formula is C12H15N3O2S3. The minimum Gasteiger partial charge on any atom is -0.253 e. The largest absolute Gasteiger partial charge is 0.263 e. The van der Waals surface area contributed by atoms with E-state index in [1.54, 1.807) is 18.2 Å². The summed E-state index contributed by atoms with van der Waals surface area (Å²) < 4.78 is 30.8. The molecule has 0 radical (unpaired) electrons. The first kappa shape index (κ1) is 15.3. The SMILES string of the molecule is CC(C)(C)Sc1nsc(NS(=O)(=O)c2ccccc2)n1. The predicted molar refractivity (Wildman–Crippen MR) is 82.8 cm³/mol. The zero-order valence-corrected chi connectivity index (χ0v) is 13.8. The molecule has 0 aliphatic carbocycles. The van der Waals surface area contributed by atoms with Gasteiger partial charge in [-0.3, -0.25) is 4.72 Å². The van der Waals surface area contributed by atoms with Gasteiger partial charge in [0, 0.05) is 16.3 Å². The molecule has 1 aromatic heterocycles. The fourth-order valence-electron chi connectivity index (χ4n) is 1.34. The number of thioether (sulfide) groups is 1. The van der Waals surface area contributed by atoms with Crippen LogP contribution in [0.2, 0.25) is 0 Å². The second-order valence-corrected chi connectivity index (χ2v) is 9.24. The van der Waals surface area contributed by atoms with Crippen LogP contribution in [0, 0.1) is 0 Å². The smallest absolute Gasteiger partial charge is 0.253 e. The highest BCUT2D eigenvalue weighted by Crippen LogP contribution is 2.31. The van der Waals surface area contributed by atoms with Crippen LogP contribution in [0.3, 0.4) is 0 Å². The number of benzene rings is 1. The van der Waals surface area contributed by atoms with Crippen molar-refractivity contribution in [3.63, 3.8) is 0 Å². The molecule has 2 aromatic rings. The van der Waals surface area contributed by atoms with Crippen molar-refractivity contribution in [3.8, 4) is 0 Å². The van der Waals surface area contributed by atoms with Crippen LogP contribution in [0.5, 0.6) is 0 Å². The third-order valence-electron chi connectivity index (χ3n) is 2.08. The molecule has 0 atom stereocenters. The third-order valence-corrected chi connectivity index (χ3v) is 5.29. The van der Waals surface area contributed by atoms with Gasteiger partial charge in [0.25, 0.3) is 10.0 Å². The maximum absolute atomic E-state index is 12.1. The maximum atomic E-state index is 12.1. The van der Waals surface area contributed by atoms with Gasteiger partial charge in [-0.2, -0.15) is 9.36 Å². The average Bonchev–Trinajstić information content (AvgIpc) is 2.74. The summed E-state index contributed by atoms with van der Waals surface area (Å²) in [7, 11) is -3.60. The average molecular weight is 329 g/mol. The summed E-state index contributed by atoms with van der Waals surface area (Å²) in [4.78, 5) is 4.39. The fourth-order valence-corrected chi connectivity index (χ4v) is 4.06. The highest BCUT2D eigenvalue weighted by Gasteiger charge is 2.19. The number of rotatable bonds is 4. The Kier molecular flexibility index (Phi) is 4.36. The van der Waals surface area contributed by atoms with Crippen molar-refractivity contribution >= 4 is 38.4 Å². The molecule has 1 N–H and O–H groups in total. The van der Waals surface area contributed by atoms with E-state index in [-0.39, 0.29) is 14.8 Å². The number of hydrogen-bond donors (Lipinski definition) is 1. The molecule has 0 amide bonds. The fraction of sp³-hybridized carbons (Fsp3) is 0.333. The van der Waals surface area contributed by atoms with E-state index in [4.69, 9.17) is 0 Å². The molecule has 0 spiro atoms. The van der Waals surface area contributed by atoms with Crippen molar-refractivity contribution in [2.45, 2.75) is 35.6 Å². The van der Waals surface area contributed by atoms with E-state index in [1.807, 2.05) is 20.8 Å². The van der Waals surface area contributed by atoms with E-state index in [0.717, 1.165) is 11.5 Å². The molecule has 0 saturated carbocycles. The van der Waals surface area contributed by atoms with Gasteiger partial charge in [-0.05, 0) is 12.1 Å². The van der Waals surface area contributed by atoms with Gasteiger partial charge in [0.05, 0.1) is 4.90 Å². The molecule has 8 heteroatoms. The number of nitrogens with one attached hydrogen (secondary N) is 1. The molecule has 0 fully saturated rings. The normalized spacial score (nSPS) is 12.3. The number of sulfonamides is 1. The summed E-state index contributed by atoms with van der Waals surface area (Å²) >= 11 is 2.54. The molecule has 5 nitrogen and oxygen atoms in total. The first-order valence-electron chi connectivity index (χ1n) is 5.87. The van der Waals surface area contributed by atoms with Crippen LogP contribution < -0.4 is 4.72 Å². The van der Waals surface area contributed by atoms with Crippen molar-refractivity contribution in [1.82, 2.24) is 9.36 Å². The van der Waals surface area contributed by atoms with E-state index in [0.29, 0.717) is 5.16 Å². The Morgan fingerprint density at radius 2 is 1.85 bits per heavy atom. The van der Waals surface area contributed by atoms with E-state index in [1.165, 1.54) is 23.9 Å². The first-order chi connectivity index (χ1) is 9.26. The molecule has 0 saturated heterocycles. The Labute approximate surface area is 127 Å². The number of aromatic nitrogens is 2. The summed E-state index contributed by atoms with van der Waals surface area (Å²) in [6.07, 6.45) is 0. The second-order valence-electron chi connectivity index (χ2n) is 5.02. The van der Waals surface area contributed by atoms with Crippen molar-refractivity contribution in [2.24, 2.45) is 0 Å².